The number of carbonyl (C=O) groups is 2. The van der Waals surface area contributed by atoms with E-state index in [1.165, 1.54) is 0 Å². The molecular weight excluding hydrogens is 540 g/mol. The number of piperidine rings is 1. The van der Waals surface area contributed by atoms with Crippen molar-refractivity contribution in [3.05, 3.63) is 47.5 Å². The minimum Gasteiger partial charge on any atom is -0.481 e. The summed E-state index contributed by atoms with van der Waals surface area (Å²) in [6, 6.07) is 4.11. The van der Waals surface area contributed by atoms with Crippen LogP contribution in [-0.4, -0.2) is 54.7 Å². The van der Waals surface area contributed by atoms with Crippen molar-refractivity contribution < 1.29 is 19.1 Å². The van der Waals surface area contributed by atoms with E-state index >= 15 is 0 Å². The summed E-state index contributed by atoms with van der Waals surface area (Å²) >= 11 is 7.73. The predicted molar refractivity (Wildman–Crippen MR) is 154 cm³/mol. The fraction of sp³-hybridized carbons (Fsp3) is 0.296. The lowest BCUT2D eigenvalue weighted by atomic mass is 10.0. The van der Waals surface area contributed by atoms with Gasteiger partial charge in [0, 0.05) is 78.4 Å². The summed E-state index contributed by atoms with van der Waals surface area (Å²) in [5.74, 6) is 0.337. The van der Waals surface area contributed by atoms with Gasteiger partial charge in [-0.15, -0.1) is 11.3 Å². The van der Waals surface area contributed by atoms with E-state index in [1.807, 2.05) is 39.5 Å². The normalized spacial score (nSPS) is 13.7. The molecule has 204 valence electrons. The summed E-state index contributed by atoms with van der Waals surface area (Å²) < 4.78 is 9.23. The first-order chi connectivity index (χ1) is 18.2. The molecular formula is C27H29ClN6O4S. The zero-order valence-electron chi connectivity index (χ0n) is 20.7. The summed E-state index contributed by atoms with van der Waals surface area (Å²) in [5, 5.41) is 16.4. The molecule has 1 fully saturated rings. The van der Waals surface area contributed by atoms with Gasteiger partial charge in [0.05, 0.1) is 16.9 Å². The van der Waals surface area contributed by atoms with E-state index in [-0.39, 0.29) is 19.4 Å². The van der Waals surface area contributed by atoms with Crippen LogP contribution in [0.5, 0.6) is 0 Å². The number of thiophene rings is 1. The molecule has 0 unspecified atom stereocenters. The molecule has 0 aliphatic carbocycles. The van der Waals surface area contributed by atoms with Crippen LogP contribution in [0.3, 0.4) is 0 Å². The highest BCUT2D eigenvalue weighted by Gasteiger charge is 2.23. The fourth-order valence-electron chi connectivity index (χ4n) is 4.63. The largest absolute Gasteiger partial charge is 0.481 e. The number of amides is 1. The standard InChI is InChI=1S/C24H21ClN6O2S.C2H4O2.CH4/c1-13(32)30-4-2-15(3-5-30)31-11-14(8-29-31)18-9-28-24(26)23-17(18)6-20(33-23)19-12-34-21-10-27-22(25)7-16(19)21;1-2(3)4;/h6-12,15H,2-5H2,1H3,(H2,26,28);1H3,(H,3,4);1H4. The molecule has 0 bridgehead atoms. The Morgan fingerprint density at radius 3 is 2.51 bits per heavy atom. The lowest BCUT2D eigenvalue weighted by Crippen LogP contribution is -2.37. The smallest absolute Gasteiger partial charge is 0.300 e. The number of fused-ring (bicyclic) bond motifs is 2. The highest BCUT2D eigenvalue weighted by atomic mass is 35.5. The Morgan fingerprint density at radius 2 is 1.82 bits per heavy atom. The van der Waals surface area contributed by atoms with Crippen LogP contribution < -0.4 is 5.73 Å². The molecule has 6 heterocycles. The Kier molecular flexibility index (Phi) is 8.22. The van der Waals surface area contributed by atoms with Crippen molar-refractivity contribution in [2.45, 2.75) is 40.2 Å². The fourth-order valence-corrected chi connectivity index (χ4v) is 5.68. The summed E-state index contributed by atoms with van der Waals surface area (Å²) in [6.07, 6.45) is 9.19. The average molecular weight is 569 g/mol. The highest BCUT2D eigenvalue weighted by Crippen LogP contribution is 2.41. The van der Waals surface area contributed by atoms with Crippen LogP contribution in [0.1, 0.15) is 40.2 Å². The summed E-state index contributed by atoms with van der Waals surface area (Å²) in [6.45, 7) is 4.21. The van der Waals surface area contributed by atoms with Crippen molar-refractivity contribution >= 4 is 61.7 Å². The van der Waals surface area contributed by atoms with Crippen LogP contribution >= 0.6 is 22.9 Å². The first-order valence-electron chi connectivity index (χ1n) is 11.9. The van der Waals surface area contributed by atoms with Crippen molar-refractivity contribution in [1.82, 2.24) is 24.6 Å². The number of likely N-dealkylation sites (tertiary alicyclic amines) is 1. The molecule has 6 rings (SSSR count). The summed E-state index contributed by atoms with van der Waals surface area (Å²) in [4.78, 5) is 31.1. The van der Waals surface area contributed by atoms with Crippen LogP contribution in [0, 0.1) is 0 Å². The monoisotopic (exact) mass is 568 g/mol. The third kappa shape index (κ3) is 5.74. The zero-order chi connectivity index (χ0) is 27.0. The number of carboxylic acids is 1. The molecule has 0 radical (unpaired) electrons. The van der Waals surface area contributed by atoms with E-state index in [0.717, 1.165) is 65.0 Å². The van der Waals surface area contributed by atoms with Crippen LogP contribution in [0.25, 0.3) is 43.5 Å². The highest BCUT2D eigenvalue weighted by molar-refractivity contribution is 7.17. The number of nitrogens with two attached hydrogens (primary N) is 1. The number of pyridine rings is 2. The van der Waals surface area contributed by atoms with Gasteiger partial charge in [0.2, 0.25) is 5.91 Å². The van der Waals surface area contributed by atoms with Gasteiger partial charge in [-0.3, -0.25) is 14.3 Å². The van der Waals surface area contributed by atoms with Crippen molar-refractivity contribution in [1.29, 1.82) is 0 Å². The zero-order valence-corrected chi connectivity index (χ0v) is 22.3. The number of carboxylic acid groups (broad SMARTS) is 1. The number of carbonyl (C=O) groups excluding carboxylic acids is 1. The SMILES string of the molecule is C.CC(=O)N1CCC(n2cc(-c3cnc(N)c4oc(-c5csc6cnc(Cl)cc56)cc34)cn2)CC1.CC(=O)O. The van der Waals surface area contributed by atoms with Gasteiger partial charge >= 0.3 is 0 Å². The molecule has 39 heavy (non-hydrogen) atoms. The first kappa shape index (κ1) is 28.1. The Morgan fingerprint density at radius 1 is 1.10 bits per heavy atom. The van der Waals surface area contributed by atoms with E-state index in [1.54, 1.807) is 30.7 Å². The topological polar surface area (TPSA) is 140 Å². The second kappa shape index (κ2) is 11.4. The number of rotatable bonds is 3. The molecule has 5 aromatic rings. The molecule has 12 heteroatoms. The van der Waals surface area contributed by atoms with Crippen molar-refractivity contribution in [2.75, 3.05) is 18.8 Å². The number of nitrogen functional groups attached to an aromatic ring is 1. The molecule has 0 atom stereocenters. The number of hydrogen-bond donors (Lipinski definition) is 2. The molecule has 0 spiro atoms. The first-order valence-corrected chi connectivity index (χ1v) is 13.2. The molecule has 0 aromatic carbocycles. The maximum absolute atomic E-state index is 11.6. The van der Waals surface area contributed by atoms with Gasteiger partial charge in [0.1, 0.15) is 10.9 Å². The molecule has 1 aliphatic rings. The van der Waals surface area contributed by atoms with Gasteiger partial charge < -0.3 is 20.2 Å². The third-order valence-corrected chi connectivity index (χ3v) is 7.62. The number of halogens is 1. The summed E-state index contributed by atoms with van der Waals surface area (Å²) in [5.41, 5.74) is 9.53. The van der Waals surface area contributed by atoms with Crippen molar-refractivity contribution in [2.24, 2.45) is 0 Å². The average Bonchev–Trinajstić information content (AvgIpc) is 3.62. The Labute approximate surface area is 234 Å². The maximum Gasteiger partial charge on any atom is 0.300 e. The lowest BCUT2D eigenvalue weighted by Gasteiger charge is -2.31. The molecule has 5 aromatic heterocycles. The minimum atomic E-state index is -0.833. The summed E-state index contributed by atoms with van der Waals surface area (Å²) in [7, 11) is 0. The predicted octanol–water partition coefficient (Wildman–Crippen LogP) is 6.11. The third-order valence-electron chi connectivity index (χ3n) is 6.48. The number of aliphatic carboxylic acids is 1. The van der Waals surface area contributed by atoms with Crippen molar-refractivity contribution in [3.8, 4) is 22.5 Å². The number of aromatic nitrogens is 4. The minimum absolute atomic E-state index is 0. The number of furan rings is 1. The number of hydrogen-bond acceptors (Lipinski definition) is 8. The van der Waals surface area contributed by atoms with Crippen molar-refractivity contribution in [3.63, 3.8) is 0 Å². The van der Waals surface area contributed by atoms with E-state index < -0.39 is 5.97 Å². The quantitative estimate of drug-likeness (QED) is 0.248. The molecule has 3 N–H and O–H groups in total. The van der Waals surface area contributed by atoms with E-state index in [4.69, 9.17) is 31.7 Å². The molecule has 1 saturated heterocycles. The van der Waals surface area contributed by atoms with Crippen LogP contribution in [0.15, 0.2) is 46.7 Å². The molecule has 1 aliphatic heterocycles. The lowest BCUT2D eigenvalue weighted by molar-refractivity contribution is -0.134. The van der Waals surface area contributed by atoms with E-state index in [2.05, 4.69) is 15.1 Å². The van der Waals surface area contributed by atoms with Gasteiger partial charge in [-0.25, -0.2) is 9.97 Å². The van der Waals surface area contributed by atoms with E-state index in [0.29, 0.717) is 22.3 Å². The number of nitrogens with zero attached hydrogens (tertiary/aromatic N) is 5. The van der Waals surface area contributed by atoms with Crippen LogP contribution in [-0.2, 0) is 9.59 Å². The van der Waals surface area contributed by atoms with Crippen LogP contribution in [0.2, 0.25) is 5.15 Å². The Bertz CT molecular complexity index is 1650. The Balaban J connectivity index is 0.000000662. The molecule has 0 saturated carbocycles. The second-order valence-electron chi connectivity index (χ2n) is 9.03. The molecule has 1 amide bonds. The number of anilines is 1. The van der Waals surface area contributed by atoms with Gasteiger partial charge in [0.15, 0.2) is 11.4 Å². The van der Waals surface area contributed by atoms with Gasteiger partial charge in [-0.1, -0.05) is 19.0 Å². The van der Waals surface area contributed by atoms with Gasteiger partial charge in [0.25, 0.3) is 5.97 Å². The maximum atomic E-state index is 11.6. The van der Waals surface area contributed by atoms with Crippen LogP contribution in [0.4, 0.5) is 5.82 Å². The van der Waals surface area contributed by atoms with Gasteiger partial charge in [-0.2, -0.15) is 5.10 Å². The van der Waals surface area contributed by atoms with E-state index in [9.17, 15) is 4.79 Å². The second-order valence-corrected chi connectivity index (χ2v) is 10.3. The Hall–Kier alpha value is -3.96. The molecule has 10 nitrogen and oxygen atoms in total. The van der Waals surface area contributed by atoms with Gasteiger partial charge in [-0.05, 0) is 25.0 Å².